The summed E-state index contributed by atoms with van der Waals surface area (Å²) < 4.78 is 47.4. The molecule has 1 atom stereocenters. The van der Waals surface area contributed by atoms with Crippen molar-refractivity contribution in [2.45, 2.75) is 32.1 Å². The van der Waals surface area contributed by atoms with Crippen LogP contribution in [0.15, 0.2) is 59.2 Å². The highest BCUT2D eigenvalue weighted by molar-refractivity contribution is 9.10. The number of hydrogen-bond acceptors (Lipinski definition) is 5. The molecule has 1 saturated carbocycles. The van der Waals surface area contributed by atoms with Crippen molar-refractivity contribution < 1.29 is 22.7 Å². The highest BCUT2D eigenvalue weighted by Gasteiger charge is 2.31. The number of hydrogen-bond donors (Lipinski definition) is 0. The second-order valence-electron chi connectivity index (χ2n) is 8.99. The first-order chi connectivity index (χ1) is 18.3. The summed E-state index contributed by atoms with van der Waals surface area (Å²) in [6.45, 7) is 2.04. The SMILES string of the molecule is CCOC(=O)c1c(-c2ccc(Cl)cc2)nn2cc(N(CCc3ccc(Br)c(F)c3)S(=O)[O-])c(C3CC3)cc12. The molecule has 0 amide bonds. The van der Waals surface area contributed by atoms with Crippen LogP contribution in [0.1, 0.15) is 47.2 Å². The zero-order valence-corrected chi connectivity index (χ0v) is 23.5. The molecule has 0 spiro atoms. The van der Waals surface area contributed by atoms with E-state index < -0.39 is 23.1 Å². The number of halogens is 3. The summed E-state index contributed by atoms with van der Waals surface area (Å²) in [4.78, 5) is 13.1. The molecule has 0 radical (unpaired) electrons. The Labute approximate surface area is 235 Å². The van der Waals surface area contributed by atoms with Crippen LogP contribution in [0.2, 0.25) is 5.02 Å². The molecule has 1 fully saturated rings. The van der Waals surface area contributed by atoms with Gasteiger partial charge in [-0.2, -0.15) is 5.10 Å². The van der Waals surface area contributed by atoms with Crippen LogP contribution in [-0.2, 0) is 22.4 Å². The summed E-state index contributed by atoms with van der Waals surface area (Å²) in [6.07, 6.45) is 3.77. The van der Waals surface area contributed by atoms with Crippen LogP contribution in [0.25, 0.3) is 16.8 Å². The lowest BCUT2D eigenvalue weighted by Crippen LogP contribution is -2.29. The molecule has 198 valence electrons. The number of carbonyl (C=O) groups is 1. The number of anilines is 1. The molecule has 1 aliphatic rings. The Morgan fingerprint density at radius 1 is 1.26 bits per heavy atom. The van der Waals surface area contributed by atoms with E-state index >= 15 is 0 Å². The summed E-state index contributed by atoms with van der Waals surface area (Å²) in [7, 11) is 0. The average molecular weight is 620 g/mol. The molecule has 0 N–H and O–H groups in total. The van der Waals surface area contributed by atoms with Gasteiger partial charge < -0.3 is 13.6 Å². The van der Waals surface area contributed by atoms with Gasteiger partial charge in [0.05, 0.1) is 28.5 Å². The Morgan fingerprint density at radius 2 is 2.00 bits per heavy atom. The smallest absolute Gasteiger partial charge is 0.342 e. The average Bonchev–Trinajstić information content (AvgIpc) is 3.66. The number of fused-ring (bicyclic) bond motifs is 1. The third-order valence-electron chi connectivity index (χ3n) is 6.43. The van der Waals surface area contributed by atoms with Gasteiger partial charge in [-0.3, -0.25) is 4.21 Å². The number of pyridine rings is 1. The number of rotatable bonds is 9. The Bertz CT molecular complexity index is 1540. The molecule has 7 nitrogen and oxygen atoms in total. The predicted molar refractivity (Wildman–Crippen MR) is 148 cm³/mol. The van der Waals surface area contributed by atoms with E-state index in [0.717, 1.165) is 18.4 Å². The molecule has 1 unspecified atom stereocenters. The standard InChI is InChI=1S/C27H24BrClFN3O4S/c1-2-37-27(34)25-23-14-20(17-4-5-17)24(15-32(23)31-26(25)18-6-8-19(29)9-7-18)33(38(35)36)12-11-16-3-10-21(28)22(30)13-16/h3,6-10,13-15,17H,2,4-5,11-12H2,1H3,(H,35,36)/p-1. The molecular weight excluding hydrogens is 597 g/mol. The van der Waals surface area contributed by atoms with Gasteiger partial charge in [0, 0.05) is 28.4 Å². The van der Waals surface area contributed by atoms with E-state index in [4.69, 9.17) is 16.3 Å². The number of ether oxygens (including phenoxy) is 1. The van der Waals surface area contributed by atoms with Crippen LogP contribution in [0.4, 0.5) is 10.1 Å². The van der Waals surface area contributed by atoms with E-state index in [1.54, 1.807) is 49.5 Å². The summed E-state index contributed by atoms with van der Waals surface area (Å²) >= 11 is 6.61. The van der Waals surface area contributed by atoms with Crippen LogP contribution in [0, 0.1) is 5.82 Å². The van der Waals surface area contributed by atoms with E-state index in [1.165, 1.54) is 14.9 Å². The maximum atomic E-state index is 14.0. The molecule has 1 aliphatic carbocycles. The molecule has 5 rings (SSSR count). The van der Waals surface area contributed by atoms with Crippen molar-refractivity contribution in [2.24, 2.45) is 0 Å². The van der Waals surface area contributed by atoms with E-state index in [-0.39, 0.29) is 19.1 Å². The Hall–Kier alpha value is -2.79. The first-order valence-corrected chi connectivity index (χ1v) is 14.3. The minimum atomic E-state index is -2.60. The zero-order valence-electron chi connectivity index (χ0n) is 20.3. The number of aromatic nitrogens is 2. The van der Waals surface area contributed by atoms with Gasteiger partial charge in [0.25, 0.3) is 0 Å². The summed E-state index contributed by atoms with van der Waals surface area (Å²) in [5.41, 5.74) is 3.90. The molecule has 38 heavy (non-hydrogen) atoms. The van der Waals surface area contributed by atoms with Crippen molar-refractivity contribution in [1.82, 2.24) is 9.61 Å². The molecule has 2 aromatic carbocycles. The van der Waals surface area contributed by atoms with Crippen molar-refractivity contribution in [2.75, 3.05) is 17.5 Å². The van der Waals surface area contributed by atoms with Gasteiger partial charge in [0.2, 0.25) is 0 Å². The maximum Gasteiger partial charge on any atom is 0.342 e. The first-order valence-electron chi connectivity index (χ1n) is 12.1. The molecule has 0 saturated heterocycles. The van der Waals surface area contributed by atoms with Gasteiger partial charge in [-0.15, -0.1) is 0 Å². The normalized spacial score (nSPS) is 14.0. The van der Waals surface area contributed by atoms with E-state index in [1.807, 2.05) is 6.07 Å². The maximum absolute atomic E-state index is 14.0. The van der Waals surface area contributed by atoms with Gasteiger partial charge in [-0.25, -0.2) is 13.7 Å². The van der Waals surface area contributed by atoms with Crippen LogP contribution in [-0.4, -0.2) is 37.5 Å². The fourth-order valence-corrected chi connectivity index (χ4v) is 5.37. The van der Waals surface area contributed by atoms with E-state index in [2.05, 4.69) is 21.0 Å². The Kier molecular flexibility index (Phi) is 7.85. The van der Waals surface area contributed by atoms with Gasteiger partial charge in [0.15, 0.2) is 0 Å². The molecule has 0 bridgehead atoms. The quantitative estimate of drug-likeness (QED) is 0.159. The second kappa shape index (κ2) is 11.1. The topological polar surface area (TPSA) is 87.0 Å². The number of carbonyl (C=O) groups excluding carboxylic acids is 1. The van der Waals surface area contributed by atoms with Crippen LogP contribution in [0.5, 0.6) is 0 Å². The predicted octanol–water partition coefficient (Wildman–Crippen LogP) is 6.45. The highest BCUT2D eigenvalue weighted by Crippen LogP contribution is 2.46. The minimum Gasteiger partial charge on any atom is -0.755 e. The zero-order chi connectivity index (χ0) is 27.0. The molecule has 4 aromatic rings. The lowest BCUT2D eigenvalue weighted by molar-refractivity contribution is 0.0529. The number of benzene rings is 2. The Morgan fingerprint density at radius 3 is 2.63 bits per heavy atom. The van der Waals surface area contributed by atoms with E-state index in [0.29, 0.717) is 49.5 Å². The first kappa shape index (κ1) is 26.8. The summed E-state index contributed by atoms with van der Waals surface area (Å²) in [5, 5.41) is 5.22. The van der Waals surface area contributed by atoms with Crippen LogP contribution < -0.4 is 4.31 Å². The molecular formula is C27H23BrClFN3O4S-. The van der Waals surface area contributed by atoms with Crippen molar-refractivity contribution in [3.05, 3.63) is 86.7 Å². The van der Waals surface area contributed by atoms with Gasteiger partial charge in [-0.05, 0) is 89.5 Å². The number of esters is 1. The van der Waals surface area contributed by atoms with Gasteiger partial charge >= 0.3 is 5.97 Å². The lowest BCUT2D eigenvalue weighted by Gasteiger charge is -2.28. The van der Waals surface area contributed by atoms with Gasteiger partial charge in [-0.1, -0.05) is 29.8 Å². The summed E-state index contributed by atoms with van der Waals surface area (Å²) in [5.74, 6) is -0.756. The van der Waals surface area contributed by atoms with Crippen molar-refractivity contribution >= 4 is 56.0 Å². The number of nitrogens with zero attached hydrogens (tertiary/aromatic N) is 3. The third-order valence-corrected chi connectivity index (χ3v) is 8.06. The fraction of sp³-hybridized carbons (Fsp3) is 0.259. The monoisotopic (exact) mass is 618 g/mol. The van der Waals surface area contributed by atoms with Crippen molar-refractivity contribution in [3.63, 3.8) is 0 Å². The molecule has 0 aliphatic heterocycles. The fourth-order valence-electron chi connectivity index (χ4n) is 4.44. The minimum absolute atomic E-state index is 0.110. The lowest BCUT2D eigenvalue weighted by atomic mass is 10.0. The van der Waals surface area contributed by atoms with Crippen molar-refractivity contribution in [3.8, 4) is 11.3 Å². The Balaban J connectivity index is 1.61. The third kappa shape index (κ3) is 5.49. The molecule has 2 heterocycles. The summed E-state index contributed by atoms with van der Waals surface area (Å²) in [6, 6.07) is 13.5. The van der Waals surface area contributed by atoms with Gasteiger partial charge in [0.1, 0.15) is 17.1 Å². The molecule has 11 heteroatoms. The van der Waals surface area contributed by atoms with E-state index in [9.17, 15) is 17.9 Å². The molecule has 2 aromatic heterocycles. The van der Waals surface area contributed by atoms with Crippen LogP contribution in [0.3, 0.4) is 0 Å². The van der Waals surface area contributed by atoms with Crippen molar-refractivity contribution in [1.29, 1.82) is 0 Å². The highest BCUT2D eigenvalue weighted by atomic mass is 79.9. The largest absolute Gasteiger partial charge is 0.755 e. The second-order valence-corrected chi connectivity index (χ2v) is 11.2. The van der Waals surface area contributed by atoms with Crippen LogP contribution >= 0.6 is 27.5 Å².